The summed E-state index contributed by atoms with van der Waals surface area (Å²) >= 11 is 0. The summed E-state index contributed by atoms with van der Waals surface area (Å²) in [5.41, 5.74) is 26.4. The van der Waals surface area contributed by atoms with E-state index in [9.17, 15) is 0 Å². The molecule has 15 aromatic rings. The molecule has 15 aromatic carbocycles. The van der Waals surface area contributed by atoms with Gasteiger partial charge in [-0.3, -0.25) is 0 Å². The third-order valence-corrected chi connectivity index (χ3v) is 17.1. The second-order valence-corrected chi connectivity index (χ2v) is 21.6. The molecule has 0 spiro atoms. The fourth-order valence-corrected chi connectivity index (χ4v) is 14.0. The van der Waals surface area contributed by atoms with Crippen molar-refractivity contribution in [2.75, 3.05) is 0 Å². The summed E-state index contributed by atoms with van der Waals surface area (Å²) in [7, 11) is 0. The lowest BCUT2D eigenvalue weighted by Crippen LogP contribution is -2.04. The van der Waals surface area contributed by atoms with Gasteiger partial charge in [-0.1, -0.05) is 309 Å². The third-order valence-electron chi connectivity index (χ3n) is 17.1. The molecule has 0 fully saturated rings. The van der Waals surface area contributed by atoms with Gasteiger partial charge in [0.1, 0.15) is 0 Å². The standard InChI is InChI=1S/C82H52/c1-10-30-53(31-11-1)62-48-28-49-63-64-50-29-51-65-76(64)67(52-66(62)63)78-73(59-42-22-7-23-43-59)82-75(61-46-26-9-27-47-61)80-71(57-38-18-5-19-39-57)69(55-34-14-3-15-35-55)68(54-32-12-2-13-33-54)70(56-36-16-4-17-37-56)79(80)74(60-44-24-8-25-45-60)81(82)72(77(65)78)58-40-20-6-21-41-58/h1-52H. The van der Waals surface area contributed by atoms with Crippen LogP contribution < -0.4 is 0 Å². The lowest BCUT2D eigenvalue weighted by atomic mass is 9.71. The van der Waals surface area contributed by atoms with E-state index in [1.165, 1.54) is 132 Å². The minimum atomic E-state index is 1.15. The molecule has 0 unspecified atom stereocenters. The van der Waals surface area contributed by atoms with Gasteiger partial charge in [-0.2, -0.15) is 0 Å². The summed E-state index contributed by atoms with van der Waals surface area (Å²) in [6.07, 6.45) is 0. The first-order valence-electron chi connectivity index (χ1n) is 28.5. The second kappa shape index (κ2) is 19.6. The van der Waals surface area contributed by atoms with E-state index in [1.54, 1.807) is 0 Å². The molecule has 0 N–H and O–H groups in total. The van der Waals surface area contributed by atoms with E-state index in [4.69, 9.17) is 0 Å². The molecule has 0 saturated heterocycles. The minimum Gasteiger partial charge on any atom is -0.0622 e. The molecule has 0 aliphatic heterocycles. The highest BCUT2D eigenvalue weighted by molar-refractivity contribution is 6.40. The monoisotopic (exact) mass is 1040 g/mol. The molecule has 0 heteroatoms. The molecule has 0 heterocycles. The van der Waals surface area contributed by atoms with Crippen LogP contribution >= 0.6 is 0 Å². The van der Waals surface area contributed by atoms with Gasteiger partial charge in [-0.05, 0) is 172 Å². The Balaban J connectivity index is 1.29. The Morgan fingerprint density at radius 1 is 0.122 bits per heavy atom. The number of hydrogen-bond donors (Lipinski definition) is 0. The number of hydrogen-bond acceptors (Lipinski definition) is 0. The molecule has 0 saturated carbocycles. The average Bonchev–Trinajstić information content (AvgIpc) is 2.19. The Bertz CT molecular complexity index is 4920. The molecule has 0 radical (unpaired) electrons. The van der Waals surface area contributed by atoms with Gasteiger partial charge >= 0.3 is 0 Å². The van der Waals surface area contributed by atoms with E-state index < -0.39 is 0 Å². The highest BCUT2D eigenvalue weighted by atomic mass is 14.4. The summed E-state index contributed by atoms with van der Waals surface area (Å²) in [5.74, 6) is 0. The summed E-state index contributed by atoms with van der Waals surface area (Å²) < 4.78 is 0. The molecule has 0 atom stereocenters. The van der Waals surface area contributed by atoms with E-state index in [0.717, 1.165) is 33.4 Å². The maximum absolute atomic E-state index is 2.55. The fourth-order valence-electron chi connectivity index (χ4n) is 14.0. The van der Waals surface area contributed by atoms with Crippen LogP contribution in [0.4, 0.5) is 0 Å². The largest absolute Gasteiger partial charge is 0.0622 e. The molecule has 1 aliphatic carbocycles. The van der Waals surface area contributed by atoms with Gasteiger partial charge < -0.3 is 0 Å². The zero-order valence-corrected chi connectivity index (χ0v) is 45.0. The van der Waals surface area contributed by atoms with Crippen molar-refractivity contribution in [3.8, 4) is 122 Å². The molecule has 0 aromatic heterocycles. The summed E-state index contributed by atoms with van der Waals surface area (Å²) in [6, 6.07) is 118. The predicted molar refractivity (Wildman–Crippen MR) is 350 cm³/mol. The van der Waals surface area contributed by atoms with Crippen LogP contribution in [0.15, 0.2) is 315 Å². The molecule has 0 nitrogen and oxygen atoms in total. The van der Waals surface area contributed by atoms with Gasteiger partial charge in [0.2, 0.25) is 0 Å². The number of fused-ring (bicyclic) bond motifs is 7. The molecule has 1 aliphatic rings. The molecular weight excluding hydrogens is 985 g/mol. The maximum Gasteiger partial charge on any atom is -0.0000925 e. The summed E-state index contributed by atoms with van der Waals surface area (Å²) in [4.78, 5) is 0. The molecule has 82 heavy (non-hydrogen) atoms. The smallest absolute Gasteiger partial charge is 0.0000925 e. The molecule has 16 rings (SSSR count). The fraction of sp³-hybridized carbons (Fsp3) is 0. The van der Waals surface area contributed by atoms with Crippen LogP contribution in [0.1, 0.15) is 0 Å². The Morgan fingerprint density at radius 3 is 0.720 bits per heavy atom. The van der Waals surface area contributed by atoms with Crippen molar-refractivity contribution in [2.24, 2.45) is 0 Å². The van der Waals surface area contributed by atoms with Crippen molar-refractivity contribution in [1.82, 2.24) is 0 Å². The Morgan fingerprint density at radius 2 is 0.378 bits per heavy atom. The van der Waals surface area contributed by atoms with Gasteiger partial charge in [0, 0.05) is 0 Å². The van der Waals surface area contributed by atoms with E-state index in [1.807, 2.05) is 0 Å². The van der Waals surface area contributed by atoms with Crippen LogP contribution in [0.5, 0.6) is 0 Å². The molecular formula is C82H52. The maximum atomic E-state index is 2.55. The van der Waals surface area contributed by atoms with E-state index >= 15 is 0 Å². The van der Waals surface area contributed by atoms with Crippen LogP contribution in [0.25, 0.3) is 165 Å². The van der Waals surface area contributed by atoms with Crippen molar-refractivity contribution < 1.29 is 0 Å². The van der Waals surface area contributed by atoms with E-state index in [2.05, 4.69) is 315 Å². The van der Waals surface area contributed by atoms with Crippen LogP contribution in [-0.2, 0) is 0 Å². The minimum absolute atomic E-state index is 1.15. The highest BCUT2D eigenvalue weighted by Gasteiger charge is 2.37. The Labute approximate surface area is 478 Å². The van der Waals surface area contributed by atoms with Crippen molar-refractivity contribution in [3.63, 3.8) is 0 Å². The SMILES string of the molecule is c1ccc(-c2c(-c3ccccc3)c(-c3ccccc3)c3c(-c4ccccc4)c4c(-c5ccccc5)c5c(c(-c6ccccc6)c4c(-c4ccccc4)c3c2-c2ccccc2)-c2cccc3c2c-5cc2c(-c4ccccc4)cccc23)cc1. The first kappa shape index (κ1) is 47.3. The van der Waals surface area contributed by atoms with Crippen LogP contribution in [0.3, 0.4) is 0 Å². The Kier molecular flexibility index (Phi) is 11.3. The lowest BCUT2D eigenvalue weighted by Gasteiger charge is -2.31. The van der Waals surface area contributed by atoms with Gasteiger partial charge in [-0.25, -0.2) is 0 Å². The van der Waals surface area contributed by atoms with Crippen molar-refractivity contribution in [1.29, 1.82) is 0 Å². The lowest BCUT2D eigenvalue weighted by molar-refractivity contribution is 1.56. The van der Waals surface area contributed by atoms with Gasteiger partial charge in [0.05, 0.1) is 0 Å². The van der Waals surface area contributed by atoms with E-state index in [0.29, 0.717) is 0 Å². The summed E-state index contributed by atoms with van der Waals surface area (Å²) in [6.45, 7) is 0. The number of benzene rings is 15. The average molecular weight is 1040 g/mol. The van der Waals surface area contributed by atoms with Crippen LogP contribution in [0.2, 0.25) is 0 Å². The zero-order chi connectivity index (χ0) is 54.1. The van der Waals surface area contributed by atoms with Crippen molar-refractivity contribution >= 4 is 43.1 Å². The van der Waals surface area contributed by atoms with Crippen molar-refractivity contribution in [3.05, 3.63) is 315 Å². The topological polar surface area (TPSA) is 0 Å². The normalized spacial score (nSPS) is 11.7. The van der Waals surface area contributed by atoms with Gasteiger partial charge in [-0.15, -0.1) is 0 Å². The van der Waals surface area contributed by atoms with E-state index in [-0.39, 0.29) is 0 Å². The quantitative estimate of drug-likeness (QED) is 0.0998. The molecule has 0 bridgehead atoms. The Hall–Kier alpha value is -10.7. The molecule has 380 valence electrons. The third kappa shape index (κ3) is 7.39. The summed E-state index contributed by atoms with van der Waals surface area (Å²) in [5, 5.41) is 9.92. The second-order valence-electron chi connectivity index (χ2n) is 21.6. The van der Waals surface area contributed by atoms with Crippen molar-refractivity contribution in [2.45, 2.75) is 0 Å². The molecule has 0 amide bonds. The van der Waals surface area contributed by atoms with Crippen LogP contribution in [-0.4, -0.2) is 0 Å². The zero-order valence-electron chi connectivity index (χ0n) is 45.0. The predicted octanol–water partition coefficient (Wildman–Crippen LogP) is 22.9. The first-order chi connectivity index (χ1) is 40.8. The first-order valence-corrected chi connectivity index (χ1v) is 28.5. The van der Waals surface area contributed by atoms with Gasteiger partial charge in [0.25, 0.3) is 0 Å². The number of rotatable bonds is 9. The highest BCUT2D eigenvalue weighted by Crippen LogP contribution is 2.65. The van der Waals surface area contributed by atoms with Crippen LogP contribution in [0, 0.1) is 0 Å². The van der Waals surface area contributed by atoms with Gasteiger partial charge in [0.15, 0.2) is 0 Å².